The lowest BCUT2D eigenvalue weighted by Gasteiger charge is -2.25. The van der Waals surface area contributed by atoms with Gasteiger partial charge in [0.25, 0.3) is 0 Å². The zero-order valence-corrected chi connectivity index (χ0v) is 16.0. The van der Waals surface area contributed by atoms with Gasteiger partial charge in [0.15, 0.2) is 12.4 Å². The van der Waals surface area contributed by atoms with E-state index in [1.807, 2.05) is 37.3 Å². The summed E-state index contributed by atoms with van der Waals surface area (Å²) in [6.45, 7) is 1.89. The summed E-state index contributed by atoms with van der Waals surface area (Å²) in [6, 6.07) is 16.1. The van der Waals surface area contributed by atoms with Crippen molar-refractivity contribution >= 4 is 17.7 Å². The van der Waals surface area contributed by atoms with Gasteiger partial charge in [0, 0.05) is 18.5 Å². The SMILES string of the molecule is COc1ccc(C(=O)COC(=O)[C@@H]2CC(=O)N([C@H](C)c3ccccc3)C2)cc1. The first-order valence-electron chi connectivity index (χ1n) is 9.18. The zero-order valence-electron chi connectivity index (χ0n) is 16.0. The van der Waals surface area contributed by atoms with E-state index >= 15 is 0 Å². The molecule has 6 heteroatoms. The summed E-state index contributed by atoms with van der Waals surface area (Å²) in [5, 5.41) is 0. The fourth-order valence-corrected chi connectivity index (χ4v) is 3.29. The van der Waals surface area contributed by atoms with Crippen LogP contribution in [0.15, 0.2) is 54.6 Å². The van der Waals surface area contributed by atoms with Crippen molar-refractivity contribution in [2.75, 3.05) is 20.3 Å². The van der Waals surface area contributed by atoms with Crippen molar-refractivity contribution in [1.82, 2.24) is 4.90 Å². The molecule has 1 aliphatic rings. The largest absolute Gasteiger partial charge is 0.497 e. The summed E-state index contributed by atoms with van der Waals surface area (Å²) in [5.41, 5.74) is 1.45. The fraction of sp³-hybridized carbons (Fsp3) is 0.318. The molecule has 0 saturated carbocycles. The molecule has 0 aromatic heterocycles. The average Bonchev–Trinajstić information content (AvgIpc) is 3.13. The van der Waals surface area contributed by atoms with Crippen LogP contribution in [0.1, 0.15) is 35.3 Å². The van der Waals surface area contributed by atoms with Crippen LogP contribution in [0.2, 0.25) is 0 Å². The van der Waals surface area contributed by atoms with Gasteiger partial charge in [0.05, 0.1) is 19.1 Å². The molecule has 3 rings (SSSR count). The molecule has 1 heterocycles. The second kappa shape index (κ2) is 8.69. The molecule has 2 atom stereocenters. The second-order valence-electron chi connectivity index (χ2n) is 6.79. The van der Waals surface area contributed by atoms with E-state index in [2.05, 4.69) is 0 Å². The van der Waals surface area contributed by atoms with Crippen molar-refractivity contribution in [3.63, 3.8) is 0 Å². The summed E-state index contributed by atoms with van der Waals surface area (Å²) >= 11 is 0. The van der Waals surface area contributed by atoms with E-state index in [9.17, 15) is 14.4 Å². The summed E-state index contributed by atoms with van der Waals surface area (Å²) in [6.07, 6.45) is 0.104. The molecule has 2 aromatic rings. The number of methoxy groups -OCH3 is 1. The van der Waals surface area contributed by atoms with Gasteiger partial charge < -0.3 is 14.4 Å². The van der Waals surface area contributed by atoms with Gasteiger partial charge in [0.2, 0.25) is 5.91 Å². The molecule has 1 saturated heterocycles. The minimum atomic E-state index is -0.553. The summed E-state index contributed by atoms with van der Waals surface area (Å²) in [4.78, 5) is 38.6. The quantitative estimate of drug-likeness (QED) is 0.544. The van der Waals surface area contributed by atoms with Crippen molar-refractivity contribution in [2.45, 2.75) is 19.4 Å². The minimum absolute atomic E-state index is 0.0835. The van der Waals surface area contributed by atoms with Crippen molar-refractivity contribution in [2.24, 2.45) is 5.92 Å². The number of Topliss-reactive ketones (excluding diaryl/α,β-unsaturated/α-hetero) is 1. The van der Waals surface area contributed by atoms with Crippen molar-refractivity contribution in [1.29, 1.82) is 0 Å². The van der Waals surface area contributed by atoms with Crippen LogP contribution in [0.25, 0.3) is 0 Å². The molecular formula is C22H23NO5. The molecule has 1 fully saturated rings. The third-order valence-electron chi connectivity index (χ3n) is 5.00. The Balaban J connectivity index is 1.55. The number of hydrogen-bond donors (Lipinski definition) is 0. The first-order chi connectivity index (χ1) is 13.5. The van der Waals surface area contributed by atoms with E-state index in [-0.39, 0.29) is 30.8 Å². The van der Waals surface area contributed by atoms with Gasteiger partial charge in [-0.3, -0.25) is 14.4 Å². The molecule has 28 heavy (non-hydrogen) atoms. The average molecular weight is 381 g/mol. The number of rotatable bonds is 7. The van der Waals surface area contributed by atoms with Gasteiger partial charge in [-0.1, -0.05) is 30.3 Å². The molecule has 1 amide bonds. The number of carbonyl (C=O) groups excluding carboxylic acids is 3. The van der Waals surface area contributed by atoms with Crippen molar-refractivity contribution < 1.29 is 23.9 Å². The standard InChI is InChI=1S/C22H23NO5/c1-15(16-6-4-3-5-7-16)23-13-18(12-21(23)25)22(26)28-14-20(24)17-8-10-19(27-2)11-9-17/h3-11,15,18H,12-14H2,1-2H3/t15-,18-/m1/s1. The molecule has 0 bridgehead atoms. The van der Waals surface area contributed by atoms with Gasteiger partial charge in [-0.15, -0.1) is 0 Å². The Labute approximate surface area is 164 Å². The van der Waals surface area contributed by atoms with E-state index in [0.717, 1.165) is 5.56 Å². The first kappa shape index (κ1) is 19.6. The van der Waals surface area contributed by atoms with E-state index in [4.69, 9.17) is 9.47 Å². The topological polar surface area (TPSA) is 72.9 Å². The lowest BCUT2D eigenvalue weighted by atomic mass is 10.1. The van der Waals surface area contributed by atoms with Crippen LogP contribution in [-0.2, 0) is 14.3 Å². The smallest absolute Gasteiger partial charge is 0.311 e. The van der Waals surface area contributed by atoms with Gasteiger partial charge in [-0.05, 0) is 36.8 Å². The maximum absolute atomic E-state index is 12.4. The van der Waals surface area contributed by atoms with Crippen LogP contribution in [-0.4, -0.2) is 42.8 Å². The fourth-order valence-electron chi connectivity index (χ4n) is 3.29. The number of likely N-dealkylation sites (tertiary alicyclic amines) is 1. The summed E-state index contributed by atoms with van der Waals surface area (Å²) < 4.78 is 10.2. The summed E-state index contributed by atoms with van der Waals surface area (Å²) in [5.74, 6) is -0.805. The molecule has 0 N–H and O–H groups in total. The first-order valence-corrected chi connectivity index (χ1v) is 9.18. The summed E-state index contributed by atoms with van der Waals surface area (Å²) in [7, 11) is 1.55. The van der Waals surface area contributed by atoms with Gasteiger partial charge in [-0.2, -0.15) is 0 Å². The van der Waals surface area contributed by atoms with Crippen LogP contribution in [0.3, 0.4) is 0 Å². The van der Waals surface area contributed by atoms with Crippen LogP contribution >= 0.6 is 0 Å². The Morgan fingerprint density at radius 1 is 1.11 bits per heavy atom. The Bertz CT molecular complexity index is 847. The van der Waals surface area contributed by atoms with E-state index in [1.54, 1.807) is 36.3 Å². The number of nitrogens with zero attached hydrogens (tertiary/aromatic N) is 1. The van der Waals surface area contributed by atoms with Gasteiger partial charge in [-0.25, -0.2) is 0 Å². The molecule has 0 radical (unpaired) electrons. The van der Waals surface area contributed by atoms with Gasteiger partial charge in [0.1, 0.15) is 5.75 Å². The third-order valence-corrected chi connectivity index (χ3v) is 5.00. The molecular weight excluding hydrogens is 358 g/mol. The number of hydrogen-bond acceptors (Lipinski definition) is 5. The number of carbonyl (C=O) groups is 3. The highest BCUT2D eigenvalue weighted by Gasteiger charge is 2.38. The number of ketones is 1. The second-order valence-corrected chi connectivity index (χ2v) is 6.79. The Morgan fingerprint density at radius 3 is 2.43 bits per heavy atom. The molecule has 1 aliphatic heterocycles. The highest BCUT2D eigenvalue weighted by Crippen LogP contribution is 2.29. The van der Waals surface area contributed by atoms with Crippen molar-refractivity contribution in [3.8, 4) is 5.75 Å². The van der Waals surface area contributed by atoms with Gasteiger partial charge >= 0.3 is 5.97 Å². The lowest BCUT2D eigenvalue weighted by Crippen LogP contribution is -2.30. The molecule has 146 valence electrons. The number of amides is 1. The molecule has 0 unspecified atom stereocenters. The van der Waals surface area contributed by atoms with Crippen LogP contribution < -0.4 is 4.74 Å². The minimum Gasteiger partial charge on any atom is -0.497 e. The zero-order chi connectivity index (χ0) is 20.1. The monoisotopic (exact) mass is 381 g/mol. The normalized spacial score (nSPS) is 17.3. The van der Waals surface area contributed by atoms with E-state index in [0.29, 0.717) is 17.9 Å². The number of ether oxygens (including phenoxy) is 2. The molecule has 0 aliphatic carbocycles. The molecule has 6 nitrogen and oxygen atoms in total. The van der Waals surface area contributed by atoms with Crippen molar-refractivity contribution in [3.05, 3.63) is 65.7 Å². The van der Waals surface area contributed by atoms with E-state index in [1.165, 1.54) is 0 Å². The van der Waals surface area contributed by atoms with Crippen LogP contribution in [0, 0.1) is 5.92 Å². The maximum atomic E-state index is 12.4. The van der Waals surface area contributed by atoms with Crippen LogP contribution in [0.4, 0.5) is 0 Å². The highest BCUT2D eigenvalue weighted by molar-refractivity contribution is 5.98. The third kappa shape index (κ3) is 4.39. The maximum Gasteiger partial charge on any atom is 0.311 e. The number of benzene rings is 2. The molecule has 2 aromatic carbocycles. The predicted octanol–water partition coefficient (Wildman–Crippen LogP) is 3.03. The highest BCUT2D eigenvalue weighted by atomic mass is 16.5. The van der Waals surface area contributed by atoms with Crippen LogP contribution in [0.5, 0.6) is 5.75 Å². The molecule has 0 spiro atoms. The predicted molar refractivity (Wildman–Crippen MR) is 103 cm³/mol. The van der Waals surface area contributed by atoms with E-state index < -0.39 is 11.9 Å². The lowest BCUT2D eigenvalue weighted by molar-refractivity contribution is -0.147. The Morgan fingerprint density at radius 2 is 1.79 bits per heavy atom. The number of esters is 1. The Kier molecular flexibility index (Phi) is 6.09. The Hall–Kier alpha value is -3.15.